The molecule has 0 aliphatic carbocycles. The van der Waals surface area contributed by atoms with Crippen LogP contribution in [0.4, 0.5) is 22.5 Å². The molecule has 2 aromatic carbocycles. The zero-order chi connectivity index (χ0) is 57.0. The van der Waals surface area contributed by atoms with E-state index in [4.69, 9.17) is 30.8 Å². The van der Waals surface area contributed by atoms with Crippen molar-refractivity contribution in [3.05, 3.63) is 92.8 Å². The summed E-state index contributed by atoms with van der Waals surface area (Å²) in [4.78, 5) is 79.4. The summed E-state index contributed by atoms with van der Waals surface area (Å²) in [5.41, 5.74) is 5.61. The lowest BCUT2D eigenvalue weighted by Crippen LogP contribution is -2.57. The molecule has 5 aromatic rings. The number of piperazine rings is 1. The van der Waals surface area contributed by atoms with E-state index in [1.807, 2.05) is 89.5 Å². The molecule has 5 heterocycles. The molecule has 4 amide bonds. The molecule has 0 unspecified atom stereocenters. The van der Waals surface area contributed by atoms with Gasteiger partial charge in [-0.15, -0.1) is 11.3 Å². The number of thiazole rings is 2. The number of β-amino-alcohol motifs (C(OH)–C–C–N with tert-alkyl or cyclic N) is 1. The lowest BCUT2D eigenvalue weighted by Gasteiger charge is -2.35. The predicted molar refractivity (Wildman–Crippen MR) is 316 cm³/mol. The van der Waals surface area contributed by atoms with Crippen molar-refractivity contribution in [3.63, 3.8) is 0 Å². The summed E-state index contributed by atoms with van der Waals surface area (Å²) in [5, 5.41) is 23.7. The fourth-order valence-corrected chi connectivity index (χ4v) is 11.4. The number of nitrogens with one attached hydrogen (secondary N) is 4. The minimum absolute atomic E-state index is 0.0252. The first-order chi connectivity index (χ1) is 38.5. The number of halogens is 1. The Labute approximate surface area is 484 Å². The van der Waals surface area contributed by atoms with Crippen LogP contribution in [0.1, 0.15) is 111 Å². The molecule has 0 spiro atoms. The minimum Gasteiger partial charge on any atom is -0.391 e. The third-order valence-electron chi connectivity index (χ3n) is 14.1. The standard InChI is InChI=1S/C58H80ClN11O8S2/c1-39-15-14-16-45(59)51(39)67-55(74)47-36-61-57(80-47)65-48-34-49(64-41(3)63-48)69-25-23-68(24-26-69)22-11-7-8-12-27-76-29-31-78-32-30-77-28-13-9-10-17-50(72)66-53(58(4,5)6)56(75)70-37-44(71)33-46(70)54(73)60-35-42-18-20-43(21-19-42)52-40(2)62-38-79-52/h14-16,18-21,34,36,38,44,46,53,71H,7-13,17,22-33,35,37H2,1-6H3,(H,60,73)(H,66,72)(H,67,74)(H,61,63,64,65)/t44-,46+,53-/m1/s1. The molecule has 3 atom stereocenters. The Morgan fingerprint density at radius 3 is 2.20 bits per heavy atom. The summed E-state index contributed by atoms with van der Waals surface area (Å²) >= 11 is 9.14. The van der Waals surface area contributed by atoms with Crippen LogP contribution in [-0.2, 0) is 35.1 Å². The number of likely N-dealkylation sites (tertiary alicyclic amines) is 1. The van der Waals surface area contributed by atoms with Crippen LogP contribution in [0.15, 0.2) is 60.2 Å². The van der Waals surface area contributed by atoms with Gasteiger partial charge in [0.15, 0.2) is 5.13 Å². The van der Waals surface area contributed by atoms with Crippen LogP contribution in [-0.4, -0.2) is 156 Å². The lowest BCUT2D eigenvalue weighted by atomic mass is 9.85. The number of rotatable bonds is 30. The number of nitrogens with zero attached hydrogens (tertiary/aromatic N) is 7. The largest absolute Gasteiger partial charge is 0.391 e. The number of para-hydroxylation sites is 1. The van der Waals surface area contributed by atoms with Gasteiger partial charge in [-0.1, -0.05) is 99.4 Å². The van der Waals surface area contributed by atoms with Gasteiger partial charge >= 0.3 is 0 Å². The number of aryl methyl sites for hydroxylation is 3. The van der Waals surface area contributed by atoms with Crippen molar-refractivity contribution >= 4 is 80.4 Å². The van der Waals surface area contributed by atoms with Crippen LogP contribution in [0.2, 0.25) is 5.02 Å². The number of aromatic nitrogens is 4. The summed E-state index contributed by atoms with van der Waals surface area (Å²) < 4.78 is 17.2. The first-order valence-corrected chi connectivity index (χ1v) is 30.0. The average Bonchev–Trinajstić information content (AvgIpc) is 4.23. The first-order valence-electron chi connectivity index (χ1n) is 27.9. The highest BCUT2D eigenvalue weighted by molar-refractivity contribution is 7.17. The Hall–Kier alpha value is -5.65. The van der Waals surface area contributed by atoms with E-state index in [0.717, 1.165) is 111 Å². The van der Waals surface area contributed by atoms with Gasteiger partial charge in [0, 0.05) is 71.4 Å². The van der Waals surface area contributed by atoms with E-state index in [0.29, 0.717) is 71.8 Å². The van der Waals surface area contributed by atoms with Crippen LogP contribution in [0.25, 0.3) is 10.4 Å². The summed E-state index contributed by atoms with van der Waals surface area (Å²) in [6.07, 6.45) is 7.78. The number of ether oxygens (including phenoxy) is 3. The maximum absolute atomic E-state index is 14.0. The van der Waals surface area contributed by atoms with E-state index >= 15 is 0 Å². The van der Waals surface area contributed by atoms with Crippen molar-refractivity contribution < 1.29 is 38.5 Å². The highest BCUT2D eigenvalue weighted by atomic mass is 35.5. The molecular formula is C58H80ClN11O8S2. The molecule has 3 aromatic heterocycles. The van der Waals surface area contributed by atoms with E-state index < -0.39 is 23.6 Å². The van der Waals surface area contributed by atoms with Crippen molar-refractivity contribution in [1.82, 2.24) is 40.4 Å². The minimum atomic E-state index is -0.865. The molecule has 7 rings (SSSR count). The number of carbonyl (C=O) groups is 4. The molecule has 0 saturated carbocycles. The molecule has 5 N–H and O–H groups in total. The van der Waals surface area contributed by atoms with E-state index in [9.17, 15) is 24.3 Å². The van der Waals surface area contributed by atoms with E-state index in [1.165, 1.54) is 16.2 Å². The summed E-state index contributed by atoms with van der Waals surface area (Å²) in [7, 11) is 0. The number of anilines is 4. The molecule has 434 valence electrons. The van der Waals surface area contributed by atoms with Gasteiger partial charge in [0.25, 0.3) is 5.91 Å². The summed E-state index contributed by atoms with van der Waals surface area (Å²) in [6, 6.07) is 13.7. The van der Waals surface area contributed by atoms with Gasteiger partial charge in [-0.3, -0.25) is 24.1 Å². The second-order valence-electron chi connectivity index (χ2n) is 21.5. The Morgan fingerprint density at radius 2 is 1.52 bits per heavy atom. The third-order valence-corrected chi connectivity index (χ3v) is 16.3. The average molecular weight is 1160 g/mol. The summed E-state index contributed by atoms with van der Waals surface area (Å²) in [5.74, 6) is 0.944. The molecule has 19 nitrogen and oxygen atoms in total. The van der Waals surface area contributed by atoms with Crippen molar-refractivity contribution in [2.75, 3.05) is 94.4 Å². The smallest absolute Gasteiger partial charge is 0.267 e. The normalized spacial score (nSPS) is 16.2. The lowest BCUT2D eigenvalue weighted by molar-refractivity contribution is -0.144. The van der Waals surface area contributed by atoms with Crippen molar-refractivity contribution in [2.24, 2.45) is 5.41 Å². The van der Waals surface area contributed by atoms with Gasteiger partial charge in [0.1, 0.15) is 34.4 Å². The molecule has 2 fully saturated rings. The maximum atomic E-state index is 14.0. The van der Waals surface area contributed by atoms with Crippen LogP contribution in [0.3, 0.4) is 0 Å². The van der Waals surface area contributed by atoms with Crippen molar-refractivity contribution in [2.45, 2.75) is 124 Å². The fraction of sp³-hybridized carbons (Fsp3) is 0.552. The van der Waals surface area contributed by atoms with Crippen LogP contribution in [0.5, 0.6) is 0 Å². The highest BCUT2D eigenvalue weighted by Crippen LogP contribution is 2.31. The second kappa shape index (κ2) is 31.0. The van der Waals surface area contributed by atoms with E-state index in [1.54, 1.807) is 23.6 Å². The number of amides is 4. The Morgan fingerprint density at radius 1 is 0.838 bits per heavy atom. The van der Waals surface area contributed by atoms with Gasteiger partial charge in [-0.25, -0.2) is 19.9 Å². The molecule has 22 heteroatoms. The number of aliphatic hydroxyl groups excluding tert-OH is 1. The van der Waals surface area contributed by atoms with Crippen molar-refractivity contribution in [3.8, 4) is 10.4 Å². The zero-order valence-corrected chi connectivity index (χ0v) is 49.6. The zero-order valence-electron chi connectivity index (χ0n) is 47.2. The van der Waals surface area contributed by atoms with Crippen LogP contribution < -0.4 is 26.2 Å². The van der Waals surface area contributed by atoms with Crippen LogP contribution in [0, 0.1) is 26.2 Å². The fourth-order valence-electron chi connectivity index (χ4n) is 9.61. The first kappa shape index (κ1) is 62.0. The SMILES string of the molecule is Cc1nc(Nc2ncc(C(=O)Nc3c(C)cccc3Cl)s2)cc(N2CCN(CCCCCCOCCOCCOCCCCCC(=O)N[C@H](C(=O)N3C[C@H](O)C[C@H]3C(=O)NCc3ccc(-c4scnc4C)cc3)C(C)(C)C)CC2)n1. The van der Waals surface area contributed by atoms with Crippen molar-refractivity contribution in [1.29, 1.82) is 0 Å². The quantitative estimate of drug-likeness (QED) is 0.0271. The topological polar surface area (TPSA) is 226 Å². The Bertz CT molecular complexity index is 2760. The molecular weight excluding hydrogens is 1080 g/mol. The molecule has 2 saturated heterocycles. The monoisotopic (exact) mass is 1160 g/mol. The highest BCUT2D eigenvalue weighted by Gasteiger charge is 2.44. The molecule has 2 aliphatic heterocycles. The Balaban J connectivity index is 0.665. The van der Waals surface area contributed by atoms with Gasteiger partial charge in [0.2, 0.25) is 17.7 Å². The number of aliphatic hydroxyl groups is 1. The molecule has 2 aliphatic rings. The summed E-state index contributed by atoms with van der Waals surface area (Å²) in [6.45, 7) is 19.8. The van der Waals surface area contributed by atoms with Gasteiger partial charge in [-0.05, 0) is 81.2 Å². The molecule has 0 bridgehead atoms. The van der Waals surface area contributed by atoms with Gasteiger partial charge in [0.05, 0.1) is 65.5 Å². The number of unbranched alkanes of at least 4 members (excludes halogenated alkanes) is 5. The molecule has 0 radical (unpaired) electrons. The van der Waals surface area contributed by atoms with E-state index in [2.05, 4.69) is 46.0 Å². The van der Waals surface area contributed by atoms with Gasteiger partial charge in [-0.2, -0.15) is 0 Å². The second-order valence-corrected chi connectivity index (χ2v) is 23.8. The third kappa shape index (κ3) is 19.0. The number of benzene rings is 2. The van der Waals surface area contributed by atoms with Gasteiger partial charge < -0.3 is 50.4 Å². The maximum Gasteiger partial charge on any atom is 0.267 e. The Kier molecular flexibility index (Phi) is 24.0. The molecule has 80 heavy (non-hydrogen) atoms. The number of carbonyl (C=O) groups excluding carboxylic acids is 4. The predicted octanol–water partition coefficient (Wildman–Crippen LogP) is 8.73. The number of hydrogen-bond acceptors (Lipinski definition) is 17. The number of hydrogen-bond donors (Lipinski definition) is 5. The van der Waals surface area contributed by atoms with Crippen LogP contribution >= 0.6 is 34.3 Å². The van der Waals surface area contributed by atoms with E-state index in [-0.39, 0.29) is 49.6 Å².